The van der Waals surface area contributed by atoms with Crippen molar-refractivity contribution >= 4 is 22.8 Å². The van der Waals surface area contributed by atoms with Gasteiger partial charge in [0, 0.05) is 0 Å². The largest absolute Gasteiger partial charge is 0.341 e. The number of nitrogens with one attached hydrogen (secondary N) is 1. The molecule has 0 fully saturated rings. The fourth-order valence-electron chi connectivity index (χ4n) is 4.00. The van der Waals surface area contributed by atoms with Crippen LogP contribution in [0.1, 0.15) is 115 Å². The molecule has 0 aliphatic heterocycles. The Kier molecular flexibility index (Phi) is 14.1. The second-order valence-corrected chi connectivity index (χ2v) is 9.66. The van der Waals surface area contributed by atoms with Crippen LogP contribution in [0.15, 0.2) is 24.3 Å². The number of hydrogen-bond acceptors (Lipinski definition) is 2. The molecule has 0 atom stereocenters. The van der Waals surface area contributed by atoms with E-state index in [0.29, 0.717) is 0 Å². The fraction of sp³-hybridized carbons (Fsp3) is 0.731. The number of benzene rings is 1. The molecule has 0 saturated heterocycles. The average Bonchev–Trinajstić information content (AvgIpc) is 3.16. The second-order valence-electron chi connectivity index (χ2n) is 8.56. The van der Waals surface area contributed by atoms with Crippen LogP contribution in [-0.4, -0.2) is 15.7 Å². The minimum atomic E-state index is 1.01. The fourth-order valence-corrected chi connectivity index (χ4v) is 4.88. The van der Waals surface area contributed by atoms with Gasteiger partial charge in [-0.15, -0.1) is 0 Å². The van der Waals surface area contributed by atoms with E-state index < -0.39 is 0 Å². The molecule has 29 heavy (non-hydrogen) atoms. The van der Waals surface area contributed by atoms with Crippen LogP contribution in [0.5, 0.6) is 0 Å². The number of H-pyrrole nitrogens is 1. The Morgan fingerprint density at radius 1 is 0.690 bits per heavy atom. The minimum absolute atomic E-state index is 1.01. The third-order valence-electron chi connectivity index (χ3n) is 5.82. The lowest BCUT2D eigenvalue weighted by Gasteiger charge is -2.03. The Balaban J connectivity index is 1.28. The van der Waals surface area contributed by atoms with Crippen LogP contribution in [0.4, 0.5) is 0 Å². The number of fused-ring (bicyclic) bond motifs is 1. The van der Waals surface area contributed by atoms with Crippen LogP contribution in [0.3, 0.4) is 0 Å². The maximum absolute atomic E-state index is 4.65. The van der Waals surface area contributed by atoms with E-state index >= 15 is 0 Å². The summed E-state index contributed by atoms with van der Waals surface area (Å²) < 4.78 is 0. The standard InChI is InChI=1S/C26H44N2S/c1-2-3-4-5-6-7-8-9-10-11-12-13-14-15-16-19-22-29-23-26-27-24-20-17-18-21-25(24)28-26/h17-18,20-21H,2-16,19,22-23H2,1H3,(H,27,28). The number of imidazole rings is 1. The van der Waals surface area contributed by atoms with Gasteiger partial charge in [-0.25, -0.2) is 4.98 Å². The van der Waals surface area contributed by atoms with Crippen molar-refractivity contribution in [3.05, 3.63) is 30.1 Å². The topological polar surface area (TPSA) is 28.7 Å². The van der Waals surface area contributed by atoms with E-state index in [1.165, 1.54) is 108 Å². The van der Waals surface area contributed by atoms with E-state index in [1.807, 2.05) is 11.8 Å². The van der Waals surface area contributed by atoms with Crippen LogP contribution in [-0.2, 0) is 5.75 Å². The summed E-state index contributed by atoms with van der Waals surface area (Å²) in [5.74, 6) is 3.39. The van der Waals surface area contributed by atoms with E-state index in [1.54, 1.807) is 0 Å². The highest BCUT2D eigenvalue weighted by atomic mass is 32.2. The highest BCUT2D eigenvalue weighted by Gasteiger charge is 2.01. The van der Waals surface area contributed by atoms with Gasteiger partial charge in [0.05, 0.1) is 16.8 Å². The summed E-state index contributed by atoms with van der Waals surface area (Å²) in [5.41, 5.74) is 2.25. The lowest BCUT2D eigenvalue weighted by Crippen LogP contribution is -1.87. The Morgan fingerprint density at radius 2 is 1.21 bits per heavy atom. The predicted molar refractivity (Wildman–Crippen MR) is 132 cm³/mol. The second kappa shape index (κ2) is 16.8. The molecule has 2 nitrogen and oxygen atoms in total. The quantitative estimate of drug-likeness (QED) is 0.231. The molecule has 0 aliphatic rings. The van der Waals surface area contributed by atoms with Crippen molar-refractivity contribution in [2.75, 3.05) is 5.75 Å². The van der Waals surface area contributed by atoms with E-state index in [4.69, 9.17) is 0 Å². The van der Waals surface area contributed by atoms with Gasteiger partial charge < -0.3 is 4.98 Å². The highest BCUT2D eigenvalue weighted by Crippen LogP contribution is 2.17. The molecule has 2 aromatic rings. The summed E-state index contributed by atoms with van der Waals surface area (Å²) in [5, 5.41) is 0. The maximum Gasteiger partial charge on any atom is 0.117 e. The number of nitrogens with zero attached hydrogens (tertiary/aromatic N) is 1. The zero-order valence-electron chi connectivity index (χ0n) is 18.9. The van der Waals surface area contributed by atoms with Gasteiger partial charge in [0.25, 0.3) is 0 Å². The molecule has 1 aromatic heterocycles. The van der Waals surface area contributed by atoms with Crippen LogP contribution in [0, 0.1) is 0 Å². The molecule has 1 heterocycles. The van der Waals surface area contributed by atoms with Gasteiger partial charge in [-0.2, -0.15) is 11.8 Å². The van der Waals surface area contributed by atoms with Crippen molar-refractivity contribution in [1.82, 2.24) is 9.97 Å². The number of aromatic nitrogens is 2. The van der Waals surface area contributed by atoms with E-state index in [2.05, 4.69) is 41.2 Å². The Morgan fingerprint density at radius 3 is 1.76 bits per heavy atom. The van der Waals surface area contributed by atoms with Crippen LogP contribution >= 0.6 is 11.8 Å². The summed E-state index contributed by atoms with van der Waals surface area (Å²) in [6.45, 7) is 2.30. The highest BCUT2D eigenvalue weighted by molar-refractivity contribution is 7.98. The number of rotatable bonds is 19. The first-order chi connectivity index (χ1) is 14.4. The molecule has 0 radical (unpaired) electrons. The molecule has 2 rings (SSSR count). The monoisotopic (exact) mass is 416 g/mol. The molecule has 0 spiro atoms. The van der Waals surface area contributed by atoms with Gasteiger partial charge in [-0.1, -0.05) is 115 Å². The average molecular weight is 417 g/mol. The van der Waals surface area contributed by atoms with Crippen LogP contribution in [0.25, 0.3) is 11.0 Å². The third-order valence-corrected chi connectivity index (χ3v) is 6.87. The first-order valence-corrected chi connectivity index (χ1v) is 13.6. The Labute approximate surface area is 184 Å². The molecule has 0 bridgehead atoms. The van der Waals surface area contributed by atoms with Gasteiger partial charge >= 0.3 is 0 Å². The molecule has 164 valence electrons. The van der Waals surface area contributed by atoms with E-state index in [9.17, 15) is 0 Å². The Bertz CT molecular complexity index is 589. The molecule has 0 unspecified atom stereocenters. The minimum Gasteiger partial charge on any atom is -0.341 e. The van der Waals surface area contributed by atoms with Gasteiger partial charge in [0.1, 0.15) is 5.82 Å². The van der Waals surface area contributed by atoms with Crippen LogP contribution in [0.2, 0.25) is 0 Å². The number of thioether (sulfide) groups is 1. The van der Waals surface area contributed by atoms with E-state index in [-0.39, 0.29) is 0 Å². The van der Waals surface area contributed by atoms with Gasteiger partial charge in [-0.05, 0) is 24.3 Å². The number of unbranched alkanes of at least 4 members (excludes halogenated alkanes) is 15. The van der Waals surface area contributed by atoms with Crippen molar-refractivity contribution in [3.8, 4) is 0 Å². The van der Waals surface area contributed by atoms with Crippen molar-refractivity contribution in [2.45, 2.75) is 115 Å². The van der Waals surface area contributed by atoms with Crippen molar-refractivity contribution in [3.63, 3.8) is 0 Å². The smallest absolute Gasteiger partial charge is 0.117 e. The lowest BCUT2D eigenvalue weighted by molar-refractivity contribution is 0.531. The summed E-state index contributed by atoms with van der Waals surface area (Å²) in [6.07, 6.45) is 23.0. The van der Waals surface area contributed by atoms with E-state index in [0.717, 1.165) is 22.6 Å². The SMILES string of the molecule is CCCCCCCCCCCCCCCCCCSCc1nc2ccccc2[nH]1. The molecule has 1 aromatic carbocycles. The molecule has 0 amide bonds. The van der Waals surface area contributed by atoms with Crippen molar-refractivity contribution in [1.29, 1.82) is 0 Å². The maximum atomic E-state index is 4.65. The molecule has 0 saturated carbocycles. The lowest BCUT2D eigenvalue weighted by atomic mass is 10.0. The zero-order chi connectivity index (χ0) is 20.4. The van der Waals surface area contributed by atoms with Gasteiger partial charge in [0.2, 0.25) is 0 Å². The first kappa shape index (κ1) is 24.3. The Hall–Kier alpha value is -0.960. The van der Waals surface area contributed by atoms with Crippen LogP contribution < -0.4 is 0 Å². The normalized spacial score (nSPS) is 11.5. The number of hydrogen-bond donors (Lipinski definition) is 1. The summed E-state index contributed by atoms with van der Waals surface area (Å²) in [4.78, 5) is 8.07. The van der Waals surface area contributed by atoms with Gasteiger partial charge in [0.15, 0.2) is 0 Å². The molecular weight excluding hydrogens is 372 g/mol. The van der Waals surface area contributed by atoms with Crippen molar-refractivity contribution < 1.29 is 0 Å². The van der Waals surface area contributed by atoms with Gasteiger partial charge in [-0.3, -0.25) is 0 Å². The summed E-state index contributed by atoms with van der Waals surface area (Å²) in [7, 11) is 0. The molecule has 0 aliphatic carbocycles. The number of aromatic amines is 1. The predicted octanol–water partition coefficient (Wildman–Crippen LogP) is 9.06. The summed E-state index contributed by atoms with van der Waals surface area (Å²) in [6, 6.07) is 8.30. The first-order valence-electron chi connectivity index (χ1n) is 12.4. The molecule has 1 N–H and O–H groups in total. The third kappa shape index (κ3) is 11.7. The van der Waals surface area contributed by atoms with Crippen molar-refractivity contribution in [2.24, 2.45) is 0 Å². The molecule has 3 heteroatoms. The zero-order valence-corrected chi connectivity index (χ0v) is 19.7. The molecular formula is C26H44N2S. The summed E-state index contributed by atoms with van der Waals surface area (Å²) >= 11 is 2.01. The number of para-hydroxylation sites is 2.